The number of likely N-dealkylation sites (tertiary alicyclic amines) is 1. The minimum atomic E-state index is -1.06. The van der Waals surface area contributed by atoms with Crippen LogP contribution in [0.1, 0.15) is 28.8 Å². The van der Waals surface area contributed by atoms with E-state index in [4.69, 9.17) is 4.84 Å². The molecule has 1 unspecified atom stereocenters. The van der Waals surface area contributed by atoms with Gasteiger partial charge in [-0.15, -0.1) is 0 Å². The largest absolute Gasteiger partial charge is 0.301 e. The lowest BCUT2D eigenvalue weighted by Gasteiger charge is -2.44. The van der Waals surface area contributed by atoms with Gasteiger partial charge in [0.1, 0.15) is 23.2 Å². The third kappa shape index (κ3) is 4.56. The van der Waals surface area contributed by atoms with Gasteiger partial charge in [-0.3, -0.25) is 9.63 Å². The third-order valence-electron chi connectivity index (χ3n) is 7.61. The summed E-state index contributed by atoms with van der Waals surface area (Å²) in [6, 6.07) is 31.5. The number of piperidine rings is 1. The molecule has 0 saturated carbocycles. The van der Waals surface area contributed by atoms with Crippen molar-refractivity contribution in [2.45, 2.75) is 12.1 Å². The molecule has 2 aliphatic heterocycles. The van der Waals surface area contributed by atoms with Crippen molar-refractivity contribution in [1.82, 2.24) is 4.90 Å². The number of anilines is 1. The first-order chi connectivity index (χ1) is 19.0. The van der Waals surface area contributed by atoms with E-state index in [-0.39, 0.29) is 17.4 Å². The van der Waals surface area contributed by atoms with E-state index in [1.807, 2.05) is 78.9 Å². The maximum Gasteiger partial charge on any atom is 0.173 e. The van der Waals surface area contributed by atoms with Gasteiger partial charge in [0.25, 0.3) is 0 Å². The van der Waals surface area contributed by atoms with Crippen LogP contribution in [0.25, 0.3) is 6.08 Å². The number of Topliss-reactive ketones (excluding diaryl/α,β-unsaturated/α-hetero) is 1. The van der Waals surface area contributed by atoms with Crippen molar-refractivity contribution in [2.75, 3.05) is 25.2 Å². The quantitative estimate of drug-likeness (QED) is 0.277. The lowest BCUT2D eigenvalue weighted by Crippen LogP contribution is -2.54. The van der Waals surface area contributed by atoms with Crippen molar-refractivity contribution >= 4 is 17.5 Å². The fraction of sp³-hybridized carbons (Fsp3) is 0.182. The van der Waals surface area contributed by atoms with E-state index in [1.165, 1.54) is 24.3 Å². The summed E-state index contributed by atoms with van der Waals surface area (Å²) < 4.78 is 27.6. The van der Waals surface area contributed by atoms with Crippen LogP contribution in [0, 0.1) is 17.0 Å². The summed E-state index contributed by atoms with van der Waals surface area (Å²) in [6.45, 7) is 0.873. The summed E-state index contributed by atoms with van der Waals surface area (Å²) in [6.07, 6.45) is 1.16. The Hall–Kier alpha value is -4.13. The van der Waals surface area contributed by atoms with Gasteiger partial charge in [-0.05, 0) is 66.2 Å². The molecule has 2 aliphatic rings. The predicted octanol–water partition coefficient (Wildman–Crippen LogP) is 6.78. The highest BCUT2D eigenvalue weighted by Crippen LogP contribution is 2.59. The molecule has 0 bridgehead atoms. The van der Waals surface area contributed by atoms with Gasteiger partial charge < -0.3 is 4.90 Å². The number of hydrogen-bond donors (Lipinski definition) is 0. The van der Waals surface area contributed by atoms with Gasteiger partial charge in [-0.2, -0.15) is 0 Å². The number of halogens is 2. The highest BCUT2D eigenvalue weighted by molar-refractivity contribution is 6.06. The molecule has 0 aliphatic carbocycles. The average Bonchev–Trinajstić information content (AvgIpc) is 3.29. The molecule has 2 heterocycles. The summed E-state index contributed by atoms with van der Waals surface area (Å²) in [4.78, 5) is 23.7. The van der Waals surface area contributed by atoms with Crippen LogP contribution >= 0.6 is 0 Å². The van der Waals surface area contributed by atoms with Gasteiger partial charge in [0.15, 0.2) is 5.78 Å². The van der Waals surface area contributed by atoms with Gasteiger partial charge >= 0.3 is 0 Å². The van der Waals surface area contributed by atoms with E-state index in [1.54, 1.807) is 24.3 Å². The Kier molecular flexibility index (Phi) is 6.59. The molecule has 0 N–H and O–H groups in total. The SMILES string of the molecule is CN1C/C(=C\c2ccc(F)cc2)C(=O)C2(C1)[C@@H](c1ccc(F)cc1)ON(c1ccccc1)[C@@H]2c1ccccc1. The van der Waals surface area contributed by atoms with Crippen LogP contribution in [0.3, 0.4) is 0 Å². The van der Waals surface area contributed by atoms with E-state index in [2.05, 4.69) is 4.90 Å². The number of likely N-dealkylation sites (N-methyl/N-ethyl adjacent to an activating group) is 1. The molecule has 4 aromatic carbocycles. The van der Waals surface area contributed by atoms with Crippen LogP contribution < -0.4 is 5.06 Å². The first kappa shape index (κ1) is 25.2. The molecule has 39 heavy (non-hydrogen) atoms. The summed E-state index contributed by atoms with van der Waals surface area (Å²) in [7, 11) is 1.99. The fourth-order valence-electron chi connectivity index (χ4n) is 5.99. The first-order valence-corrected chi connectivity index (χ1v) is 13.0. The van der Waals surface area contributed by atoms with Crippen LogP contribution in [0.5, 0.6) is 0 Å². The molecular formula is C33H28F2N2O2. The van der Waals surface area contributed by atoms with Crippen molar-refractivity contribution < 1.29 is 18.4 Å². The van der Waals surface area contributed by atoms with Crippen molar-refractivity contribution in [3.8, 4) is 0 Å². The number of para-hydroxylation sites is 1. The molecule has 4 nitrogen and oxygen atoms in total. The number of carbonyl (C=O) groups excluding carboxylic acids is 1. The van der Waals surface area contributed by atoms with E-state index < -0.39 is 17.6 Å². The summed E-state index contributed by atoms with van der Waals surface area (Å²) in [5, 5.41) is 1.84. The maximum absolute atomic E-state index is 14.8. The smallest absolute Gasteiger partial charge is 0.173 e. The molecule has 0 amide bonds. The number of benzene rings is 4. The highest BCUT2D eigenvalue weighted by atomic mass is 19.1. The van der Waals surface area contributed by atoms with E-state index in [0.717, 1.165) is 22.4 Å². The molecule has 0 radical (unpaired) electrons. The standard InChI is InChI=1S/C33H28F2N2O2/c1-36-21-26(20-23-12-16-27(34)17-13-23)31(38)33(22-36)30(24-8-4-2-5-9-24)37(29-10-6-3-7-11-29)39-32(33)25-14-18-28(35)19-15-25/h2-20,30,32H,21-22H2,1H3/b26-20+/t30-,32-,33?/m1/s1. The van der Waals surface area contributed by atoms with Gasteiger partial charge in [-0.25, -0.2) is 13.8 Å². The van der Waals surface area contributed by atoms with Crippen molar-refractivity contribution in [1.29, 1.82) is 0 Å². The number of hydroxylamine groups is 1. The molecule has 196 valence electrons. The molecule has 2 saturated heterocycles. The number of hydrogen-bond acceptors (Lipinski definition) is 4. The zero-order valence-corrected chi connectivity index (χ0v) is 21.5. The average molecular weight is 523 g/mol. The fourth-order valence-corrected chi connectivity index (χ4v) is 5.99. The molecule has 2 fully saturated rings. The molecule has 6 rings (SSSR count). The normalized spacial score (nSPS) is 24.5. The molecule has 0 aromatic heterocycles. The Morgan fingerprint density at radius 3 is 2.03 bits per heavy atom. The number of ketones is 1. The number of nitrogens with zero attached hydrogens (tertiary/aromatic N) is 2. The molecule has 4 aromatic rings. The van der Waals surface area contributed by atoms with E-state index in [0.29, 0.717) is 18.7 Å². The monoisotopic (exact) mass is 522 g/mol. The predicted molar refractivity (Wildman–Crippen MR) is 148 cm³/mol. The third-order valence-corrected chi connectivity index (χ3v) is 7.61. The van der Waals surface area contributed by atoms with Gasteiger partial charge in [0.2, 0.25) is 0 Å². The van der Waals surface area contributed by atoms with Crippen LogP contribution in [0.2, 0.25) is 0 Å². The Bertz CT molecular complexity index is 1490. The molecule has 1 spiro atoms. The Morgan fingerprint density at radius 2 is 1.38 bits per heavy atom. The molecule has 3 atom stereocenters. The van der Waals surface area contributed by atoms with Crippen molar-refractivity contribution in [2.24, 2.45) is 5.41 Å². The summed E-state index contributed by atoms with van der Waals surface area (Å²) in [5.41, 5.74) is 2.78. The zero-order chi connectivity index (χ0) is 27.0. The van der Waals surface area contributed by atoms with Crippen LogP contribution in [-0.2, 0) is 9.63 Å². The van der Waals surface area contributed by atoms with Crippen molar-refractivity contribution in [3.05, 3.63) is 143 Å². The summed E-state index contributed by atoms with van der Waals surface area (Å²) >= 11 is 0. The Morgan fingerprint density at radius 1 is 0.795 bits per heavy atom. The summed E-state index contributed by atoms with van der Waals surface area (Å²) in [5.74, 6) is -0.718. The van der Waals surface area contributed by atoms with Crippen LogP contribution in [0.4, 0.5) is 14.5 Å². The van der Waals surface area contributed by atoms with Gasteiger partial charge in [-0.1, -0.05) is 72.8 Å². The Labute approximate surface area is 226 Å². The van der Waals surface area contributed by atoms with E-state index in [9.17, 15) is 13.6 Å². The topological polar surface area (TPSA) is 32.8 Å². The van der Waals surface area contributed by atoms with Crippen LogP contribution in [0.15, 0.2) is 115 Å². The molecule has 6 heteroatoms. The second-order valence-electron chi connectivity index (χ2n) is 10.3. The first-order valence-electron chi connectivity index (χ1n) is 13.0. The maximum atomic E-state index is 14.8. The second kappa shape index (κ2) is 10.2. The Balaban J connectivity index is 1.57. The zero-order valence-electron chi connectivity index (χ0n) is 21.5. The number of carbonyl (C=O) groups is 1. The van der Waals surface area contributed by atoms with Gasteiger partial charge in [0, 0.05) is 18.7 Å². The van der Waals surface area contributed by atoms with Gasteiger partial charge in [0.05, 0.1) is 11.7 Å². The van der Waals surface area contributed by atoms with Crippen LogP contribution in [-0.4, -0.2) is 30.8 Å². The van der Waals surface area contributed by atoms with E-state index >= 15 is 0 Å². The van der Waals surface area contributed by atoms with Crippen molar-refractivity contribution in [3.63, 3.8) is 0 Å². The number of rotatable bonds is 4. The lowest BCUT2D eigenvalue weighted by atomic mass is 9.64. The lowest BCUT2D eigenvalue weighted by molar-refractivity contribution is -0.133. The molecular weight excluding hydrogens is 494 g/mol. The second-order valence-corrected chi connectivity index (χ2v) is 10.3. The minimum absolute atomic E-state index is 0.0356. The minimum Gasteiger partial charge on any atom is -0.301 e. The highest BCUT2D eigenvalue weighted by Gasteiger charge is 2.63.